The Kier molecular flexibility index (Phi) is 5.89. The van der Waals surface area contributed by atoms with Gasteiger partial charge in [0.15, 0.2) is 0 Å². The van der Waals surface area contributed by atoms with Crippen LogP contribution in [-0.4, -0.2) is 42.6 Å². The minimum absolute atomic E-state index is 0. The van der Waals surface area contributed by atoms with Crippen molar-refractivity contribution in [3.05, 3.63) is 0 Å². The number of hydrogen-bond acceptors (Lipinski definition) is 3. The number of halogens is 1. The third-order valence-corrected chi connectivity index (χ3v) is 4.03. The van der Waals surface area contributed by atoms with Crippen molar-refractivity contribution in [1.82, 2.24) is 4.90 Å². The summed E-state index contributed by atoms with van der Waals surface area (Å²) >= 11 is 0. The molecular formula is C13H25ClN2O2. The smallest absolute Gasteiger partial charge is 0.224 e. The second-order valence-electron chi connectivity index (χ2n) is 5.63. The molecule has 1 aliphatic carbocycles. The maximum Gasteiger partial charge on any atom is 0.224 e. The average molecular weight is 277 g/mol. The number of rotatable bonds is 4. The van der Waals surface area contributed by atoms with E-state index in [1.807, 2.05) is 18.7 Å². The van der Waals surface area contributed by atoms with Crippen molar-refractivity contribution in [2.75, 3.05) is 19.7 Å². The molecule has 5 heteroatoms. The zero-order valence-electron chi connectivity index (χ0n) is 11.3. The van der Waals surface area contributed by atoms with Crippen LogP contribution >= 0.6 is 12.4 Å². The third-order valence-electron chi connectivity index (χ3n) is 4.03. The van der Waals surface area contributed by atoms with E-state index in [4.69, 9.17) is 10.5 Å². The zero-order valence-corrected chi connectivity index (χ0v) is 12.1. The average Bonchev–Trinajstić information content (AvgIpc) is 2.81. The first-order valence-electron chi connectivity index (χ1n) is 6.73. The summed E-state index contributed by atoms with van der Waals surface area (Å²) in [6.45, 7) is 6.30. The quantitative estimate of drug-likeness (QED) is 0.845. The van der Waals surface area contributed by atoms with Gasteiger partial charge in [0.05, 0.1) is 19.1 Å². The van der Waals surface area contributed by atoms with Gasteiger partial charge in [0.25, 0.3) is 0 Å². The van der Waals surface area contributed by atoms with Crippen molar-refractivity contribution >= 4 is 18.3 Å². The van der Waals surface area contributed by atoms with Gasteiger partial charge in [0.2, 0.25) is 5.91 Å². The van der Waals surface area contributed by atoms with Crippen LogP contribution in [0.25, 0.3) is 0 Å². The third kappa shape index (κ3) is 3.59. The van der Waals surface area contributed by atoms with Crippen molar-refractivity contribution in [1.29, 1.82) is 0 Å². The van der Waals surface area contributed by atoms with Gasteiger partial charge in [0, 0.05) is 19.1 Å². The summed E-state index contributed by atoms with van der Waals surface area (Å²) in [6, 6.07) is 0.310. The molecular weight excluding hydrogens is 252 g/mol. The number of fused-ring (bicyclic) bond motifs is 1. The normalized spacial score (nSPS) is 30.4. The van der Waals surface area contributed by atoms with Crippen LogP contribution in [0.1, 0.15) is 33.1 Å². The molecule has 0 aromatic carbocycles. The van der Waals surface area contributed by atoms with Crippen LogP contribution in [0.4, 0.5) is 0 Å². The first kappa shape index (κ1) is 15.7. The van der Waals surface area contributed by atoms with E-state index in [1.54, 1.807) is 0 Å². The summed E-state index contributed by atoms with van der Waals surface area (Å²) in [4.78, 5) is 14.0. The highest BCUT2D eigenvalue weighted by Crippen LogP contribution is 2.37. The lowest BCUT2D eigenvalue weighted by Gasteiger charge is -2.19. The Bertz CT molecular complexity index is 286. The lowest BCUT2D eigenvalue weighted by molar-refractivity contribution is -0.131. The molecule has 0 aromatic heterocycles. The first-order chi connectivity index (χ1) is 8.08. The molecule has 2 fully saturated rings. The molecule has 4 nitrogen and oxygen atoms in total. The SMILES string of the molecule is CC(C)OCCC(=O)N1CC2CCC(N)C2C1.Cl. The van der Waals surface area contributed by atoms with Crippen molar-refractivity contribution in [2.45, 2.75) is 45.3 Å². The molecule has 18 heavy (non-hydrogen) atoms. The Labute approximate surface area is 116 Å². The van der Waals surface area contributed by atoms with Gasteiger partial charge in [-0.15, -0.1) is 12.4 Å². The maximum atomic E-state index is 12.0. The second-order valence-corrected chi connectivity index (χ2v) is 5.63. The van der Waals surface area contributed by atoms with E-state index < -0.39 is 0 Å². The summed E-state index contributed by atoms with van der Waals surface area (Å²) in [5.41, 5.74) is 6.06. The number of amides is 1. The highest BCUT2D eigenvalue weighted by molar-refractivity contribution is 5.85. The summed E-state index contributed by atoms with van der Waals surface area (Å²) in [5, 5.41) is 0. The number of carbonyl (C=O) groups excluding carboxylic acids is 1. The van der Waals surface area contributed by atoms with E-state index in [0.717, 1.165) is 19.5 Å². The topological polar surface area (TPSA) is 55.6 Å². The molecule has 0 aromatic rings. The standard InChI is InChI=1S/C13H24N2O2.ClH/c1-9(2)17-6-5-13(16)15-7-10-3-4-12(14)11(10)8-15;/h9-12H,3-8,14H2,1-2H3;1H. The van der Waals surface area contributed by atoms with Crippen LogP contribution < -0.4 is 5.73 Å². The fourth-order valence-electron chi connectivity index (χ4n) is 3.05. The van der Waals surface area contributed by atoms with Crippen molar-refractivity contribution < 1.29 is 9.53 Å². The Hall–Kier alpha value is -0.320. The monoisotopic (exact) mass is 276 g/mol. The molecule has 0 radical (unpaired) electrons. The van der Waals surface area contributed by atoms with Crippen molar-refractivity contribution in [2.24, 2.45) is 17.6 Å². The van der Waals surface area contributed by atoms with E-state index in [2.05, 4.69) is 0 Å². The zero-order chi connectivity index (χ0) is 12.4. The van der Waals surface area contributed by atoms with Crippen LogP contribution in [0.15, 0.2) is 0 Å². The molecule has 3 unspecified atom stereocenters. The van der Waals surface area contributed by atoms with E-state index >= 15 is 0 Å². The van der Waals surface area contributed by atoms with Gasteiger partial charge >= 0.3 is 0 Å². The fraction of sp³-hybridized carbons (Fsp3) is 0.923. The molecule has 2 rings (SSSR count). The van der Waals surface area contributed by atoms with E-state index in [-0.39, 0.29) is 24.4 Å². The summed E-state index contributed by atoms with van der Waals surface area (Å²) in [7, 11) is 0. The summed E-state index contributed by atoms with van der Waals surface area (Å²) in [6.07, 6.45) is 3.04. The molecule has 0 bridgehead atoms. The van der Waals surface area contributed by atoms with Crippen molar-refractivity contribution in [3.63, 3.8) is 0 Å². The van der Waals surface area contributed by atoms with Gasteiger partial charge in [-0.25, -0.2) is 0 Å². The van der Waals surface area contributed by atoms with Crippen LogP contribution in [0.5, 0.6) is 0 Å². The Morgan fingerprint density at radius 3 is 2.72 bits per heavy atom. The fourth-order valence-corrected chi connectivity index (χ4v) is 3.05. The van der Waals surface area contributed by atoms with Crippen LogP contribution in [-0.2, 0) is 9.53 Å². The molecule has 2 N–H and O–H groups in total. The molecule has 1 amide bonds. The van der Waals surface area contributed by atoms with Gasteiger partial charge in [-0.3, -0.25) is 4.79 Å². The first-order valence-corrected chi connectivity index (χ1v) is 6.73. The van der Waals surface area contributed by atoms with Crippen LogP contribution in [0.3, 0.4) is 0 Å². The largest absolute Gasteiger partial charge is 0.378 e. The number of ether oxygens (including phenoxy) is 1. The Morgan fingerprint density at radius 1 is 1.39 bits per heavy atom. The number of hydrogen-bond donors (Lipinski definition) is 1. The number of nitrogens with zero attached hydrogens (tertiary/aromatic N) is 1. The lowest BCUT2D eigenvalue weighted by atomic mass is 9.98. The summed E-state index contributed by atoms with van der Waals surface area (Å²) in [5.74, 6) is 1.43. The molecule has 1 heterocycles. The minimum Gasteiger partial charge on any atom is -0.378 e. The predicted molar refractivity (Wildman–Crippen MR) is 73.7 cm³/mol. The molecule has 3 atom stereocenters. The number of carbonyl (C=O) groups is 1. The highest BCUT2D eigenvalue weighted by Gasteiger charge is 2.42. The van der Waals surface area contributed by atoms with Gasteiger partial charge in [0.1, 0.15) is 0 Å². The highest BCUT2D eigenvalue weighted by atomic mass is 35.5. The van der Waals surface area contributed by atoms with Gasteiger partial charge in [-0.05, 0) is 38.5 Å². The van der Waals surface area contributed by atoms with Gasteiger partial charge in [-0.2, -0.15) is 0 Å². The van der Waals surface area contributed by atoms with E-state index in [1.165, 1.54) is 6.42 Å². The van der Waals surface area contributed by atoms with E-state index in [0.29, 0.717) is 30.9 Å². The number of likely N-dealkylation sites (tertiary alicyclic amines) is 1. The Balaban J connectivity index is 0.00000162. The molecule has 1 saturated carbocycles. The molecule has 2 aliphatic rings. The predicted octanol–water partition coefficient (Wildman–Crippen LogP) is 1.42. The van der Waals surface area contributed by atoms with Gasteiger partial charge < -0.3 is 15.4 Å². The molecule has 1 saturated heterocycles. The van der Waals surface area contributed by atoms with Crippen LogP contribution in [0, 0.1) is 11.8 Å². The van der Waals surface area contributed by atoms with Crippen LogP contribution in [0.2, 0.25) is 0 Å². The number of nitrogens with two attached hydrogens (primary N) is 1. The molecule has 1 aliphatic heterocycles. The molecule has 0 spiro atoms. The second kappa shape index (κ2) is 6.73. The van der Waals surface area contributed by atoms with E-state index in [9.17, 15) is 4.79 Å². The van der Waals surface area contributed by atoms with Gasteiger partial charge in [-0.1, -0.05) is 0 Å². The molecule has 106 valence electrons. The lowest BCUT2D eigenvalue weighted by Crippen LogP contribution is -2.34. The maximum absolute atomic E-state index is 12.0. The Morgan fingerprint density at radius 2 is 2.11 bits per heavy atom. The summed E-state index contributed by atoms with van der Waals surface area (Å²) < 4.78 is 5.41. The minimum atomic E-state index is 0. The van der Waals surface area contributed by atoms with Crippen molar-refractivity contribution in [3.8, 4) is 0 Å².